The molecule has 0 unspecified atom stereocenters. The number of nitrogens with zero attached hydrogens (tertiary/aromatic N) is 4. The third-order valence-electron chi connectivity index (χ3n) is 11.8. The van der Waals surface area contributed by atoms with Crippen molar-refractivity contribution in [3.63, 3.8) is 0 Å². The van der Waals surface area contributed by atoms with Crippen LogP contribution in [0.5, 0.6) is 0 Å². The van der Waals surface area contributed by atoms with E-state index in [0.717, 1.165) is 77.2 Å². The van der Waals surface area contributed by atoms with Gasteiger partial charge in [0.25, 0.3) is 0 Å². The van der Waals surface area contributed by atoms with Gasteiger partial charge in [-0.25, -0.2) is 0 Å². The third-order valence-corrected chi connectivity index (χ3v) is 11.8. The summed E-state index contributed by atoms with van der Waals surface area (Å²) in [5.74, 6) is 0. The molecule has 58 heavy (non-hydrogen) atoms. The van der Waals surface area contributed by atoms with Gasteiger partial charge in [-0.05, 0) is 127 Å². The largest absolute Gasteiger partial charge is 0.308 e. The molecule has 0 aliphatic carbocycles. The predicted octanol–water partition coefficient (Wildman–Crippen LogP) is 13.9. The summed E-state index contributed by atoms with van der Waals surface area (Å²) in [6.07, 6.45) is 0. The molecule has 10 aromatic rings. The van der Waals surface area contributed by atoms with E-state index in [1.807, 2.05) is 24.3 Å². The number of fused-ring (bicyclic) bond motifs is 6. The van der Waals surface area contributed by atoms with E-state index < -0.39 is 0 Å². The molecule has 8 aromatic carbocycles. The number of para-hydroxylation sites is 2. The Balaban J connectivity index is 1.30. The lowest BCUT2D eigenvalue weighted by Gasteiger charge is -2.19. The molecular formula is C54H38N4. The zero-order valence-corrected chi connectivity index (χ0v) is 32.8. The van der Waals surface area contributed by atoms with Crippen molar-refractivity contribution in [2.75, 3.05) is 0 Å². The van der Waals surface area contributed by atoms with Crippen LogP contribution in [-0.4, -0.2) is 9.13 Å². The van der Waals surface area contributed by atoms with E-state index in [9.17, 15) is 10.5 Å². The molecule has 0 atom stereocenters. The fourth-order valence-electron chi connectivity index (χ4n) is 9.14. The average molecular weight is 743 g/mol. The SMILES string of the molecule is Cc1ccc(-c2ccc3c(c2)c2ccccc2n3-c2cc(-c3ccccc3C#N)cc(-n3c4ccccc4c4cc(-c5ccc(C)cc5C)ccc43)c2C#N)c(C)c1. The normalized spacial score (nSPS) is 11.4. The molecule has 2 aromatic heterocycles. The number of hydrogen-bond acceptors (Lipinski definition) is 2. The molecule has 0 fully saturated rings. The molecule has 0 bridgehead atoms. The summed E-state index contributed by atoms with van der Waals surface area (Å²) in [7, 11) is 0. The van der Waals surface area contributed by atoms with Crippen LogP contribution in [0.2, 0.25) is 0 Å². The molecule has 274 valence electrons. The highest BCUT2D eigenvalue weighted by Crippen LogP contribution is 2.42. The van der Waals surface area contributed by atoms with Crippen molar-refractivity contribution in [1.82, 2.24) is 9.13 Å². The molecule has 0 aliphatic heterocycles. The second-order valence-corrected chi connectivity index (χ2v) is 15.5. The van der Waals surface area contributed by atoms with Gasteiger partial charge >= 0.3 is 0 Å². The highest BCUT2D eigenvalue weighted by molar-refractivity contribution is 6.12. The van der Waals surface area contributed by atoms with Gasteiger partial charge in [-0.15, -0.1) is 0 Å². The highest BCUT2D eigenvalue weighted by Gasteiger charge is 2.24. The first-order valence-electron chi connectivity index (χ1n) is 19.6. The van der Waals surface area contributed by atoms with Crippen molar-refractivity contribution in [2.24, 2.45) is 0 Å². The summed E-state index contributed by atoms with van der Waals surface area (Å²) in [6.45, 7) is 8.58. The molecule has 2 heterocycles. The Kier molecular flexibility index (Phi) is 8.11. The minimum absolute atomic E-state index is 0.542. The molecule has 0 saturated heterocycles. The van der Waals surface area contributed by atoms with Gasteiger partial charge in [-0.3, -0.25) is 0 Å². The Bertz CT molecular complexity index is 3220. The van der Waals surface area contributed by atoms with Crippen LogP contribution in [-0.2, 0) is 0 Å². The van der Waals surface area contributed by atoms with Crippen molar-refractivity contribution >= 4 is 43.6 Å². The highest BCUT2D eigenvalue weighted by atomic mass is 15.0. The smallest absolute Gasteiger partial charge is 0.104 e. The topological polar surface area (TPSA) is 57.4 Å². The molecule has 0 radical (unpaired) electrons. The van der Waals surface area contributed by atoms with Crippen LogP contribution >= 0.6 is 0 Å². The van der Waals surface area contributed by atoms with Gasteiger partial charge in [0.1, 0.15) is 11.6 Å². The van der Waals surface area contributed by atoms with Crippen molar-refractivity contribution in [3.8, 4) is 56.9 Å². The van der Waals surface area contributed by atoms with E-state index in [2.05, 4.69) is 182 Å². The standard InChI is InChI=1S/C54H38N4/c1-33-17-21-41(35(3)25-33)37-19-23-51-46(27-37)44-13-7-9-15-49(44)57(51)53-29-40(43-12-6-5-11-39(43)31-55)30-54(48(53)32-56)58-50-16-10-8-14-45(50)47-28-38(20-24-52(47)58)42-22-18-34(2)26-36(42)4/h5-30H,1-4H3. The maximum atomic E-state index is 11.4. The van der Waals surface area contributed by atoms with E-state index in [1.54, 1.807) is 0 Å². The van der Waals surface area contributed by atoms with Crippen LogP contribution in [0.1, 0.15) is 33.4 Å². The number of aromatic nitrogens is 2. The molecule has 4 nitrogen and oxygen atoms in total. The van der Waals surface area contributed by atoms with E-state index in [0.29, 0.717) is 11.1 Å². The van der Waals surface area contributed by atoms with Gasteiger partial charge in [0.2, 0.25) is 0 Å². The molecule has 10 rings (SSSR count). The van der Waals surface area contributed by atoms with Gasteiger partial charge in [0.05, 0.1) is 45.1 Å². The number of aryl methyl sites for hydroxylation is 4. The first-order valence-corrected chi connectivity index (χ1v) is 19.6. The second-order valence-electron chi connectivity index (χ2n) is 15.5. The quantitative estimate of drug-likeness (QED) is 0.176. The fraction of sp³-hybridized carbons (Fsp3) is 0.0741. The molecular weight excluding hydrogens is 705 g/mol. The van der Waals surface area contributed by atoms with Gasteiger partial charge in [-0.2, -0.15) is 10.5 Å². The van der Waals surface area contributed by atoms with E-state index in [-0.39, 0.29) is 0 Å². The third kappa shape index (κ3) is 5.42. The summed E-state index contributed by atoms with van der Waals surface area (Å²) in [5.41, 5.74) is 18.0. The number of nitriles is 2. The monoisotopic (exact) mass is 742 g/mol. The summed E-state index contributed by atoms with van der Waals surface area (Å²) in [5, 5.41) is 26.2. The lowest BCUT2D eigenvalue weighted by molar-refractivity contribution is 1.12. The summed E-state index contributed by atoms with van der Waals surface area (Å²) in [4.78, 5) is 0. The lowest BCUT2D eigenvalue weighted by atomic mass is 9.96. The van der Waals surface area contributed by atoms with Crippen LogP contribution in [0, 0.1) is 50.4 Å². The Morgan fingerprint density at radius 1 is 0.379 bits per heavy atom. The maximum Gasteiger partial charge on any atom is 0.104 e. The number of benzene rings is 8. The van der Waals surface area contributed by atoms with Crippen molar-refractivity contribution in [3.05, 3.63) is 191 Å². The summed E-state index contributed by atoms with van der Waals surface area (Å²) >= 11 is 0. The minimum Gasteiger partial charge on any atom is -0.308 e. The first kappa shape index (κ1) is 34.8. The van der Waals surface area contributed by atoms with Crippen LogP contribution in [0.4, 0.5) is 0 Å². The van der Waals surface area contributed by atoms with Crippen molar-refractivity contribution < 1.29 is 0 Å². The Labute approximate surface area is 337 Å². The van der Waals surface area contributed by atoms with Crippen LogP contribution in [0.15, 0.2) is 158 Å². The van der Waals surface area contributed by atoms with E-state index in [1.165, 1.54) is 33.4 Å². The van der Waals surface area contributed by atoms with Crippen molar-refractivity contribution in [2.45, 2.75) is 27.7 Å². The zero-order chi connectivity index (χ0) is 39.7. The minimum atomic E-state index is 0.542. The first-order chi connectivity index (χ1) is 28.3. The van der Waals surface area contributed by atoms with Crippen LogP contribution in [0.25, 0.3) is 88.4 Å². The predicted molar refractivity (Wildman–Crippen MR) is 240 cm³/mol. The molecule has 4 heteroatoms. The summed E-state index contributed by atoms with van der Waals surface area (Å²) < 4.78 is 4.48. The Hall–Kier alpha value is -7.66. The molecule has 0 amide bonds. The molecule has 0 spiro atoms. The fourth-order valence-corrected chi connectivity index (χ4v) is 9.14. The number of rotatable bonds is 5. The van der Waals surface area contributed by atoms with Gasteiger partial charge in [0.15, 0.2) is 0 Å². The Morgan fingerprint density at radius 3 is 1.33 bits per heavy atom. The number of hydrogen-bond donors (Lipinski definition) is 0. The van der Waals surface area contributed by atoms with E-state index in [4.69, 9.17) is 0 Å². The lowest BCUT2D eigenvalue weighted by Crippen LogP contribution is -2.05. The molecule has 0 aliphatic rings. The van der Waals surface area contributed by atoms with E-state index >= 15 is 0 Å². The second kappa shape index (κ2) is 13.5. The maximum absolute atomic E-state index is 11.4. The van der Waals surface area contributed by atoms with Gasteiger partial charge < -0.3 is 9.13 Å². The molecule has 0 N–H and O–H groups in total. The van der Waals surface area contributed by atoms with Gasteiger partial charge in [0, 0.05) is 21.5 Å². The Morgan fingerprint density at radius 2 is 0.845 bits per heavy atom. The zero-order valence-electron chi connectivity index (χ0n) is 32.8. The van der Waals surface area contributed by atoms with Crippen molar-refractivity contribution in [1.29, 1.82) is 10.5 Å². The average Bonchev–Trinajstić information content (AvgIpc) is 3.75. The van der Waals surface area contributed by atoms with Gasteiger partial charge in [-0.1, -0.05) is 114 Å². The van der Waals surface area contributed by atoms with Crippen LogP contribution < -0.4 is 0 Å². The summed E-state index contributed by atoms with van der Waals surface area (Å²) in [6, 6.07) is 60.5. The van der Waals surface area contributed by atoms with Crippen LogP contribution in [0.3, 0.4) is 0 Å². The molecule has 0 saturated carbocycles.